The largest absolute Gasteiger partial charge is 0.480 e. The minimum atomic E-state index is -1.13. The molecule has 1 aromatic carbocycles. The second-order valence-corrected chi connectivity index (χ2v) is 10.2. The summed E-state index contributed by atoms with van der Waals surface area (Å²) >= 11 is 1.53. The van der Waals surface area contributed by atoms with Gasteiger partial charge in [-0.1, -0.05) is 70.9 Å². The lowest BCUT2D eigenvalue weighted by Gasteiger charge is -2.27. The van der Waals surface area contributed by atoms with E-state index in [9.17, 15) is 24.3 Å². The van der Waals surface area contributed by atoms with Gasteiger partial charge in [-0.05, 0) is 35.8 Å². The highest BCUT2D eigenvalue weighted by Crippen LogP contribution is 2.11. The Morgan fingerprint density at radius 3 is 1.97 bits per heavy atom. The summed E-state index contributed by atoms with van der Waals surface area (Å²) in [5, 5.41) is 17.7. The van der Waals surface area contributed by atoms with Crippen molar-refractivity contribution < 1.29 is 24.3 Å². The Morgan fingerprint density at radius 1 is 0.889 bits per heavy atom. The third-order valence-electron chi connectivity index (χ3n) is 6.50. The number of carbonyl (C=O) groups is 4. The predicted octanol–water partition coefficient (Wildman–Crippen LogP) is 1.94. The second-order valence-electron chi connectivity index (χ2n) is 9.21. The summed E-state index contributed by atoms with van der Waals surface area (Å²) in [6, 6.07) is 5.40. The molecule has 0 aromatic heterocycles. The lowest BCUT2D eigenvalue weighted by molar-refractivity contribution is -0.143. The number of nitrogens with one attached hydrogen (secondary N) is 3. The molecule has 0 heterocycles. The maximum Gasteiger partial charge on any atom is 0.326 e. The molecule has 0 radical (unpaired) electrons. The Kier molecular flexibility index (Phi) is 14.2. The quantitative estimate of drug-likeness (QED) is 0.223. The van der Waals surface area contributed by atoms with Crippen LogP contribution in [0.25, 0.3) is 0 Å². The molecule has 1 rings (SSSR count). The van der Waals surface area contributed by atoms with E-state index in [0.717, 1.165) is 12.0 Å². The topological polar surface area (TPSA) is 151 Å². The molecule has 1 aromatic rings. The van der Waals surface area contributed by atoms with Gasteiger partial charge in [-0.15, -0.1) is 0 Å². The van der Waals surface area contributed by atoms with E-state index < -0.39 is 47.9 Å². The Bertz CT molecular complexity index is 854. The number of amides is 3. The average Bonchev–Trinajstić information content (AvgIpc) is 2.87. The highest BCUT2D eigenvalue weighted by molar-refractivity contribution is 7.98. The molecule has 6 N–H and O–H groups in total. The molecule has 3 amide bonds. The van der Waals surface area contributed by atoms with Crippen molar-refractivity contribution in [2.24, 2.45) is 17.6 Å². The van der Waals surface area contributed by atoms with Crippen molar-refractivity contribution in [2.45, 2.75) is 77.5 Å². The van der Waals surface area contributed by atoms with Crippen LogP contribution in [0.4, 0.5) is 0 Å². The van der Waals surface area contributed by atoms with Crippen molar-refractivity contribution in [3.8, 4) is 0 Å². The number of benzene rings is 1. The number of hydrogen-bond donors (Lipinski definition) is 5. The summed E-state index contributed by atoms with van der Waals surface area (Å²) in [4.78, 5) is 51.0. The fourth-order valence-corrected chi connectivity index (χ4v) is 4.02. The molecular formula is C26H42N4O5S. The summed E-state index contributed by atoms with van der Waals surface area (Å²) in [6.45, 7) is 7.40. The molecule has 0 saturated heterocycles. The van der Waals surface area contributed by atoms with Gasteiger partial charge in [-0.25, -0.2) is 4.79 Å². The van der Waals surface area contributed by atoms with Crippen molar-refractivity contribution in [3.63, 3.8) is 0 Å². The molecule has 0 bridgehead atoms. The number of nitrogens with two attached hydrogens (primary N) is 1. The van der Waals surface area contributed by atoms with Gasteiger partial charge in [0, 0.05) is 6.42 Å². The zero-order valence-corrected chi connectivity index (χ0v) is 22.8. The smallest absolute Gasteiger partial charge is 0.326 e. The standard InChI is InChI=1S/C26H42N4O5S/c1-6-16(3)21(27)25(33)28-19(13-14-36-5)23(31)29-20(15-18-11-9-8-10-12-18)24(32)30-22(26(34)35)17(4)7-2/h8-12,16-17,19-22H,6-7,13-15,27H2,1-5H3,(H,28,33)(H,29,31)(H,30,32)(H,34,35). The zero-order valence-electron chi connectivity index (χ0n) is 22.0. The van der Waals surface area contributed by atoms with Crippen molar-refractivity contribution in [3.05, 3.63) is 35.9 Å². The van der Waals surface area contributed by atoms with Crippen molar-refractivity contribution >= 4 is 35.5 Å². The van der Waals surface area contributed by atoms with Gasteiger partial charge in [0.25, 0.3) is 0 Å². The minimum Gasteiger partial charge on any atom is -0.480 e. The van der Waals surface area contributed by atoms with Gasteiger partial charge in [-0.3, -0.25) is 14.4 Å². The summed E-state index contributed by atoms with van der Waals surface area (Å²) in [5.41, 5.74) is 6.86. The molecule has 0 fully saturated rings. The second kappa shape index (κ2) is 16.2. The van der Waals surface area contributed by atoms with Crippen molar-refractivity contribution in [1.29, 1.82) is 0 Å². The van der Waals surface area contributed by atoms with E-state index in [2.05, 4.69) is 16.0 Å². The highest BCUT2D eigenvalue weighted by Gasteiger charge is 2.32. The number of thioether (sulfide) groups is 1. The van der Waals surface area contributed by atoms with E-state index in [1.807, 2.05) is 57.4 Å². The van der Waals surface area contributed by atoms with Crippen LogP contribution in [0, 0.1) is 11.8 Å². The van der Waals surface area contributed by atoms with Crippen LogP contribution in [0.3, 0.4) is 0 Å². The fourth-order valence-electron chi connectivity index (χ4n) is 3.55. The van der Waals surface area contributed by atoms with E-state index in [1.54, 1.807) is 6.92 Å². The van der Waals surface area contributed by atoms with Gasteiger partial charge >= 0.3 is 5.97 Å². The zero-order chi connectivity index (χ0) is 27.3. The molecule has 0 aliphatic carbocycles. The first kappa shape index (κ1) is 31.4. The van der Waals surface area contributed by atoms with Crippen LogP contribution in [-0.4, -0.2) is 65.0 Å². The van der Waals surface area contributed by atoms with E-state index >= 15 is 0 Å². The maximum absolute atomic E-state index is 13.3. The fraction of sp³-hybridized carbons (Fsp3) is 0.615. The Morgan fingerprint density at radius 2 is 1.44 bits per heavy atom. The van der Waals surface area contributed by atoms with Crippen LogP contribution in [0.15, 0.2) is 30.3 Å². The third-order valence-corrected chi connectivity index (χ3v) is 7.14. The number of hydrogen-bond acceptors (Lipinski definition) is 6. The number of rotatable bonds is 16. The van der Waals surface area contributed by atoms with Crippen LogP contribution < -0.4 is 21.7 Å². The molecule has 0 saturated carbocycles. The van der Waals surface area contributed by atoms with Crippen molar-refractivity contribution in [2.75, 3.05) is 12.0 Å². The molecule has 0 spiro atoms. The van der Waals surface area contributed by atoms with Crippen LogP contribution in [0.1, 0.15) is 52.5 Å². The summed E-state index contributed by atoms with van der Waals surface area (Å²) in [5.74, 6) is -2.40. The van der Waals surface area contributed by atoms with Gasteiger partial charge in [-0.2, -0.15) is 11.8 Å². The molecule has 0 aliphatic rings. The number of carboxylic acids is 1. The van der Waals surface area contributed by atoms with Gasteiger partial charge in [0.1, 0.15) is 18.1 Å². The Labute approximate surface area is 218 Å². The van der Waals surface area contributed by atoms with Crippen LogP contribution in [0.2, 0.25) is 0 Å². The van der Waals surface area contributed by atoms with E-state index in [-0.39, 0.29) is 18.3 Å². The van der Waals surface area contributed by atoms with Crippen molar-refractivity contribution in [1.82, 2.24) is 16.0 Å². The molecule has 202 valence electrons. The molecule has 0 aliphatic heterocycles. The van der Waals surface area contributed by atoms with Gasteiger partial charge in [0.05, 0.1) is 6.04 Å². The van der Waals surface area contributed by atoms with Crippen LogP contribution in [-0.2, 0) is 25.6 Å². The maximum atomic E-state index is 13.3. The molecular weight excluding hydrogens is 480 g/mol. The normalized spacial score (nSPS) is 16.1. The molecule has 36 heavy (non-hydrogen) atoms. The lowest BCUT2D eigenvalue weighted by Crippen LogP contribution is -2.58. The SMILES string of the molecule is CCC(C)C(N)C(=O)NC(CCSC)C(=O)NC(Cc1ccccc1)C(=O)NC(C(=O)O)C(C)CC. The van der Waals surface area contributed by atoms with Gasteiger partial charge < -0.3 is 26.8 Å². The molecule has 9 nitrogen and oxygen atoms in total. The number of aliphatic carboxylic acids is 1. The van der Waals surface area contributed by atoms with E-state index in [4.69, 9.17) is 5.73 Å². The Balaban J connectivity index is 3.13. The van der Waals surface area contributed by atoms with Gasteiger partial charge in [0.15, 0.2) is 0 Å². The first-order chi connectivity index (χ1) is 17.0. The van der Waals surface area contributed by atoms with E-state index in [0.29, 0.717) is 18.6 Å². The predicted molar refractivity (Wildman–Crippen MR) is 143 cm³/mol. The average molecular weight is 523 g/mol. The van der Waals surface area contributed by atoms with Crippen LogP contribution in [0.5, 0.6) is 0 Å². The summed E-state index contributed by atoms with van der Waals surface area (Å²) < 4.78 is 0. The number of carbonyl (C=O) groups excluding carboxylic acids is 3. The van der Waals surface area contributed by atoms with Gasteiger partial charge in [0.2, 0.25) is 17.7 Å². The molecule has 10 heteroatoms. The van der Waals surface area contributed by atoms with Crippen LogP contribution >= 0.6 is 11.8 Å². The summed E-state index contributed by atoms with van der Waals surface area (Å²) in [7, 11) is 0. The number of carboxylic acid groups (broad SMARTS) is 1. The monoisotopic (exact) mass is 522 g/mol. The molecule has 6 atom stereocenters. The first-order valence-corrected chi connectivity index (χ1v) is 13.9. The highest BCUT2D eigenvalue weighted by atomic mass is 32.2. The minimum absolute atomic E-state index is 0.0561. The first-order valence-electron chi connectivity index (χ1n) is 12.5. The lowest BCUT2D eigenvalue weighted by atomic mass is 9.97. The third kappa shape index (κ3) is 10.2. The summed E-state index contributed by atoms with van der Waals surface area (Å²) in [6.07, 6.45) is 3.70. The van der Waals surface area contributed by atoms with E-state index in [1.165, 1.54) is 11.8 Å². The molecule has 6 unspecified atom stereocenters. The Hall–Kier alpha value is -2.59.